The Morgan fingerprint density at radius 3 is 2.16 bits per heavy atom. The topological polar surface area (TPSA) is 55.8 Å². The number of esters is 1. The van der Waals surface area contributed by atoms with E-state index in [0.717, 1.165) is 24.0 Å². The number of rotatable bonds is 14. The van der Waals surface area contributed by atoms with E-state index < -0.39 is 5.97 Å². The van der Waals surface area contributed by atoms with Gasteiger partial charge >= 0.3 is 5.97 Å². The lowest BCUT2D eigenvalue weighted by Gasteiger charge is -2.11. The average molecular weight is 427 g/mol. The van der Waals surface area contributed by atoms with Crippen LogP contribution in [0.4, 0.5) is 0 Å². The van der Waals surface area contributed by atoms with Crippen LogP contribution < -0.4 is 9.47 Å². The number of ether oxygens (including phenoxy) is 2. The molecule has 0 aliphatic heterocycles. The Bertz CT molecular complexity index is 813. The first-order chi connectivity index (χ1) is 15.0. The van der Waals surface area contributed by atoms with E-state index in [1.807, 2.05) is 26.0 Å². The van der Waals surface area contributed by atoms with Gasteiger partial charge in [-0.05, 0) is 49.6 Å². The number of hydrogen-bond donors (Lipinski definition) is 1. The average Bonchev–Trinajstić information content (AvgIpc) is 2.75. The highest BCUT2D eigenvalue weighted by Crippen LogP contribution is 2.27. The predicted molar refractivity (Wildman–Crippen MR) is 126 cm³/mol. The quantitative estimate of drug-likeness (QED) is 0.193. The highest BCUT2D eigenvalue weighted by molar-refractivity contribution is 5.94. The first-order valence-corrected chi connectivity index (χ1v) is 11.8. The molecule has 0 heterocycles. The lowest BCUT2D eigenvalue weighted by molar-refractivity contribution is 0.0730. The van der Waals surface area contributed by atoms with Gasteiger partial charge in [-0.1, -0.05) is 76.8 Å². The molecule has 0 aliphatic carbocycles. The van der Waals surface area contributed by atoms with Crippen molar-refractivity contribution in [3.63, 3.8) is 0 Å². The monoisotopic (exact) mass is 426 g/mol. The molecule has 0 unspecified atom stereocenters. The van der Waals surface area contributed by atoms with Crippen LogP contribution in [0.15, 0.2) is 36.4 Å². The number of aryl methyl sites for hydroxylation is 1. The predicted octanol–water partition coefficient (Wildman–Crippen LogP) is 7.53. The summed E-state index contributed by atoms with van der Waals surface area (Å²) in [5.74, 6) is 0.366. The van der Waals surface area contributed by atoms with Gasteiger partial charge in [0, 0.05) is 6.07 Å². The van der Waals surface area contributed by atoms with Crippen LogP contribution in [0.1, 0.15) is 92.6 Å². The van der Waals surface area contributed by atoms with Crippen LogP contribution in [-0.4, -0.2) is 17.7 Å². The Hall–Kier alpha value is -2.49. The minimum absolute atomic E-state index is 0.129. The Kier molecular flexibility index (Phi) is 11.0. The number of hydrogen-bond acceptors (Lipinski definition) is 4. The zero-order chi connectivity index (χ0) is 22.5. The van der Waals surface area contributed by atoms with Crippen LogP contribution >= 0.6 is 0 Å². The summed E-state index contributed by atoms with van der Waals surface area (Å²) in [6.07, 6.45) is 12.8. The van der Waals surface area contributed by atoms with E-state index in [-0.39, 0.29) is 11.3 Å². The summed E-state index contributed by atoms with van der Waals surface area (Å²) >= 11 is 0. The molecule has 0 spiro atoms. The number of carbonyl (C=O) groups excluding carboxylic acids is 1. The van der Waals surface area contributed by atoms with Crippen LogP contribution in [0.2, 0.25) is 0 Å². The first-order valence-electron chi connectivity index (χ1n) is 11.8. The third-order valence-electron chi connectivity index (χ3n) is 5.71. The molecule has 0 aromatic heterocycles. The van der Waals surface area contributed by atoms with Gasteiger partial charge in [-0.3, -0.25) is 0 Å². The lowest BCUT2D eigenvalue weighted by Crippen LogP contribution is -2.10. The number of carbonyl (C=O) groups is 1. The van der Waals surface area contributed by atoms with Crippen LogP contribution in [0.5, 0.6) is 17.2 Å². The minimum atomic E-state index is -0.576. The van der Waals surface area contributed by atoms with Gasteiger partial charge in [0.1, 0.15) is 22.8 Å². The lowest BCUT2D eigenvalue weighted by atomic mass is 10.1. The van der Waals surface area contributed by atoms with Crippen molar-refractivity contribution in [3.8, 4) is 17.2 Å². The molecule has 4 nitrogen and oxygen atoms in total. The molecular weight excluding hydrogens is 388 g/mol. The molecule has 31 heavy (non-hydrogen) atoms. The fourth-order valence-electron chi connectivity index (χ4n) is 3.54. The summed E-state index contributed by atoms with van der Waals surface area (Å²) in [5, 5.41) is 10.3. The maximum Gasteiger partial charge on any atom is 0.347 e. The Morgan fingerprint density at radius 2 is 1.52 bits per heavy atom. The molecule has 0 amide bonds. The summed E-state index contributed by atoms with van der Waals surface area (Å²) in [4.78, 5) is 12.4. The van der Waals surface area contributed by atoms with Crippen molar-refractivity contribution in [3.05, 3.63) is 53.1 Å². The number of phenolic OH excluding ortho intramolecular Hbond substituents is 1. The molecule has 4 heteroatoms. The van der Waals surface area contributed by atoms with Crippen LogP contribution in [0.25, 0.3) is 0 Å². The molecule has 2 aromatic rings. The second-order valence-corrected chi connectivity index (χ2v) is 8.30. The maximum absolute atomic E-state index is 12.4. The van der Waals surface area contributed by atoms with E-state index in [2.05, 4.69) is 6.92 Å². The maximum atomic E-state index is 12.4. The number of aromatic hydroxyl groups is 1. The molecule has 170 valence electrons. The van der Waals surface area contributed by atoms with Crippen molar-refractivity contribution in [1.82, 2.24) is 0 Å². The summed E-state index contributed by atoms with van der Waals surface area (Å²) < 4.78 is 11.2. The van der Waals surface area contributed by atoms with Gasteiger partial charge in [-0.25, -0.2) is 4.79 Å². The largest absolute Gasteiger partial charge is 0.507 e. The molecule has 0 radical (unpaired) electrons. The Balaban J connectivity index is 1.69. The zero-order valence-corrected chi connectivity index (χ0v) is 19.4. The van der Waals surface area contributed by atoms with Gasteiger partial charge in [0.25, 0.3) is 0 Å². The van der Waals surface area contributed by atoms with Gasteiger partial charge in [-0.2, -0.15) is 0 Å². The fraction of sp³-hybridized carbons (Fsp3) is 0.519. The van der Waals surface area contributed by atoms with E-state index in [1.54, 1.807) is 18.2 Å². The van der Waals surface area contributed by atoms with Gasteiger partial charge in [0.15, 0.2) is 0 Å². The Labute approximate surface area is 187 Å². The normalized spacial score (nSPS) is 10.8. The highest BCUT2D eigenvalue weighted by atomic mass is 16.5. The van der Waals surface area contributed by atoms with Crippen molar-refractivity contribution in [2.75, 3.05) is 6.61 Å². The molecule has 0 saturated heterocycles. The fourth-order valence-corrected chi connectivity index (χ4v) is 3.54. The van der Waals surface area contributed by atoms with Crippen molar-refractivity contribution < 1.29 is 19.4 Å². The summed E-state index contributed by atoms with van der Waals surface area (Å²) in [7, 11) is 0. The van der Waals surface area contributed by atoms with Crippen molar-refractivity contribution in [2.45, 2.75) is 85.0 Å². The molecular formula is C27H38O4. The molecule has 0 fully saturated rings. The molecule has 2 rings (SSSR count). The number of phenols is 1. The van der Waals surface area contributed by atoms with Crippen molar-refractivity contribution >= 4 is 5.97 Å². The van der Waals surface area contributed by atoms with Crippen molar-refractivity contribution in [1.29, 1.82) is 0 Å². The number of unbranched alkanes of at least 4 members (excludes halogenated alkanes) is 9. The standard InChI is InChI=1S/C27H38O4/c1-4-5-6-7-8-9-10-11-12-13-19-30-23-17-18-24(25(28)20-23)27(29)31-26-16-14-15-21(2)22(26)3/h14-18,20,28H,4-13,19H2,1-3H3. The molecule has 0 atom stereocenters. The second kappa shape index (κ2) is 13.7. The molecule has 2 aromatic carbocycles. The number of benzene rings is 2. The van der Waals surface area contributed by atoms with Crippen LogP contribution in [0.3, 0.4) is 0 Å². The van der Waals surface area contributed by atoms with E-state index in [1.165, 1.54) is 57.4 Å². The first kappa shape index (κ1) is 24.8. The van der Waals surface area contributed by atoms with Crippen LogP contribution in [0, 0.1) is 13.8 Å². The summed E-state index contributed by atoms with van der Waals surface area (Å²) in [6, 6.07) is 10.3. The van der Waals surface area contributed by atoms with E-state index in [9.17, 15) is 9.90 Å². The van der Waals surface area contributed by atoms with E-state index >= 15 is 0 Å². The van der Waals surface area contributed by atoms with Gasteiger partial charge in [0.05, 0.1) is 6.61 Å². The highest BCUT2D eigenvalue weighted by Gasteiger charge is 2.16. The minimum Gasteiger partial charge on any atom is -0.507 e. The van der Waals surface area contributed by atoms with Gasteiger partial charge in [-0.15, -0.1) is 0 Å². The summed E-state index contributed by atoms with van der Waals surface area (Å²) in [6.45, 7) is 6.73. The zero-order valence-electron chi connectivity index (χ0n) is 19.4. The summed E-state index contributed by atoms with van der Waals surface area (Å²) in [5.41, 5.74) is 2.09. The molecule has 0 aliphatic rings. The van der Waals surface area contributed by atoms with Crippen molar-refractivity contribution in [2.24, 2.45) is 0 Å². The molecule has 0 bridgehead atoms. The third kappa shape index (κ3) is 8.64. The molecule has 0 saturated carbocycles. The SMILES string of the molecule is CCCCCCCCCCCCOc1ccc(C(=O)Oc2cccc(C)c2C)c(O)c1. The van der Waals surface area contributed by atoms with Crippen LogP contribution in [-0.2, 0) is 0 Å². The third-order valence-corrected chi connectivity index (χ3v) is 5.71. The van der Waals surface area contributed by atoms with E-state index in [4.69, 9.17) is 9.47 Å². The Morgan fingerprint density at radius 1 is 0.871 bits per heavy atom. The van der Waals surface area contributed by atoms with Gasteiger partial charge in [0.2, 0.25) is 0 Å². The van der Waals surface area contributed by atoms with Gasteiger partial charge < -0.3 is 14.6 Å². The van der Waals surface area contributed by atoms with E-state index in [0.29, 0.717) is 18.1 Å². The second-order valence-electron chi connectivity index (χ2n) is 8.30. The smallest absolute Gasteiger partial charge is 0.347 e. The molecule has 1 N–H and O–H groups in total.